The number of carbonyl (C=O) groups is 1. The van der Waals surface area contributed by atoms with Crippen molar-refractivity contribution in [3.8, 4) is 0 Å². The van der Waals surface area contributed by atoms with E-state index in [4.69, 9.17) is 11.6 Å². The first-order valence-electron chi connectivity index (χ1n) is 5.71. The van der Waals surface area contributed by atoms with Crippen LogP contribution in [-0.4, -0.2) is 5.78 Å². The first kappa shape index (κ1) is 14.2. The van der Waals surface area contributed by atoms with Crippen molar-refractivity contribution >= 4 is 33.3 Å². The fourth-order valence-corrected chi connectivity index (χ4v) is 2.42. The smallest absolute Gasteiger partial charge is 0.167 e. The molecule has 0 saturated heterocycles. The first-order valence-corrected chi connectivity index (χ1v) is 6.88. The summed E-state index contributed by atoms with van der Waals surface area (Å²) < 4.78 is 13.7. The molecule has 2 aromatic carbocycles. The van der Waals surface area contributed by atoms with Crippen LogP contribution in [0.25, 0.3) is 0 Å². The molecule has 0 bridgehead atoms. The van der Waals surface area contributed by atoms with Gasteiger partial charge in [0.1, 0.15) is 5.82 Å². The average molecular weight is 342 g/mol. The van der Waals surface area contributed by atoms with Gasteiger partial charge in [-0.1, -0.05) is 29.8 Å². The molecule has 1 nitrogen and oxygen atoms in total. The average Bonchev–Trinajstić information content (AvgIpc) is 2.38. The molecule has 0 unspecified atom stereocenters. The predicted octanol–water partition coefficient (Wildman–Crippen LogP) is 4.98. The van der Waals surface area contributed by atoms with Crippen molar-refractivity contribution in [2.45, 2.75) is 13.3 Å². The molecule has 0 fully saturated rings. The highest BCUT2D eigenvalue weighted by molar-refractivity contribution is 9.10. The van der Waals surface area contributed by atoms with Gasteiger partial charge in [-0.2, -0.15) is 0 Å². The highest BCUT2D eigenvalue weighted by Gasteiger charge is 2.13. The Bertz CT molecular complexity index is 640. The van der Waals surface area contributed by atoms with E-state index in [1.54, 1.807) is 30.3 Å². The van der Waals surface area contributed by atoms with E-state index in [-0.39, 0.29) is 18.0 Å². The van der Waals surface area contributed by atoms with Crippen LogP contribution in [-0.2, 0) is 6.42 Å². The van der Waals surface area contributed by atoms with Gasteiger partial charge in [0.2, 0.25) is 0 Å². The summed E-state index contributed by atoms with van der Waals surface area (Å²) in [4.78, 5) is 12.2. The van der Waals surface area contributed by atoms with Crippen molar-refractivity contribution in [3.05, 3.63) is 68.4 Å². The monoisotopic (exact) mass is 340 g/mol. The number of Topliss-reactive ketones (excluding diaryl/α,β-unsaturated/α-hetero) is 1. The molecule has 2 aromatic rings. The van der Waals surface area contributed by atoms with Crippen LogP contribution in [0.15, 0.2) is 40.9 Å². The van der Waals surface area contributed by atoms with E-state index in [2.05, 4.69) is 15.9 Å². The molecule has 0 saturated carbocycles. The van der Waals surface area contributed by atoms with Crippen molar-refractivity contribution in [3.63, 3.8) is 0 Å². The normalized spacial score (nSPS) is 10.5. The maximum atomic E-state index is 13.4. The lowest BCUT2D eigenvalue weighted by Gasteiger charge is -2.07. The van der Waals surface area contributed by atoms with Gasteiger partial charge in [-0.25, -0.2) is 4.39 Å². The molecule has 4 heteroatoms. The Hall–Kier alpha value is -1.19. The topological polar surface area (TPSA) is 17.1 Å². The van der Waals surface area contributed by atoms with Crippen LogP contribution in [0.1, 0.15) is 21.5 Å². The first-order chi connectivity index (χ1) is 8.99. The van der Waals surface area contributed by atoms with Gasteiger partial charge >= 0.3 is 0 Å². The summed E-state index contributed by atoms with van der Waals surface area (Å²) in [7, 11) is 0. The number of carbonyl (C=O) groups excluding carboxylic acids is 1. The zero-order valence-electron chi connectivity index (χ0n) is 10.2. The summed E-state index contributed by atoms with van der Waals surface area (Å²) in [6, 6.07) is 9.86. The Kier molecular flexibility index (Phi) is 4.38. The van der Waals surface area contributed by atoms with Gasteiger partial charge < -0.3 is 0 Å². The van der Waals surface area contributed by atoms with Crippen molar-refractivity contribution in [2.75, 3.05) is 0 Å². The van der Waals surface area contributed by atoms with Gasteiger partial charge in [-0.15, -0.1) is 0 Å². The van der Waals surface area contributed by atoms with Crippen LogP contribution in [0.5, 0.6) is 0 Å². The molecular formula is C15H11BrClFO. The molecule has 0 aliphatic carbocycles. The lowest BCUT2D eigenvalue weighted by atomic mass is 9.99. The van der Waals surface area contributed by atoms with Crippen LogP contribution in [0.2, 0.25) is 5.02 Å². The summed E-state index contributed by atoms with van der Waals surface area (Å²) in [6.45, 7) is 1.85. The van der Waals surface area contributed by atoms with E-state index in [0.717, 1.165) is 5.56 Å². The van der Waals surface area contributed by atoms with E-state index in [0.29, 0.717) is 20.6 Å². The minimum Gasteiger partial charge on any atom is -0.294 e. The molecular weight excluding hydrogens is 331 g/mol. The lowest BCUT2D eigenvalue weighted by Crippen LogP contribution is -2.06. The van der Waals surface area contributed by atoms with Gasteiger partial charge in [-0.3, -0.25) is 4.79 Å². The highest BCUT2D eigenvalue weighted by Crippen LogP contribution is 2.23. The zero-order chi connectivity index (χ0) is 14.0. The third-order valence-electron chi connectivity index (χ3n) is 2.88. The molecule has 0 atom stereocenters. The SMILES string of the molecule is Cc1ccc(Cl)cc1C(=O)Cc1cccc(F)c1Br. The summed E-state index contributed by atoms with van der Waals surface area (Å²) in [6.07, 6.45) is 0.138. The number of aryl methyl sites for hydroxylation is 1. The summed E-state index contributed by atoms with van der Waals surface area (Å²) in [5, 5.41) is 0.521. The fourth-order valence-electron chi connectivity index (χ4n) is 1.85. The van der Waals surface area contributed by atoms with Crippen molar-refractivity contribution in [1.29, 1.82) is 0 Å². The van der Waals surface area contributed by atoms with Crippen LogP contribution >= 0.6 is 27.5 Å². The van der Waals surface area contributed by atoms with Crippen LogP contribution < -0.4 is 0 Å². The maximum Gasteiger partial charge on any atom is 0.167 e. The molecule has 0 heterocycles. The second kappa shape index (κ2) is 5.85. The number of halogens is 3. The van der Waals surface area contributed by atoms with Gasteiger partial charge in [0.25, 0.3) is 0 Å². The number of benzene rings is 2. The van der Waals surface area contributed by atoms with Crippen molar-refractivity contribution in [2.24, 2.45) is 0 Å². The fraction of sp³-hybridized carbons (Fsp3) is 0.133. The Morgan fingerprint density at radius 1 is 1.32 bits per heavy atom. The summed E-state index contributed by atoms with van der Waals surface area (Å²) >= 11 is 9.06. The maximum absolute atomic E-state index is 13.4. The second-order valence-electron chi connectivity index (χ2n) is 4.27. The largest absolute Gasteiger partial charge is 0.294 e. The third-order valence-corrected chi connectivity index (χ3v) is 4.01. The van der Waals surface area contributed by atoms with E-state index in [1.807, 2.05) is 6.92 Å². The standard InChI is InChI=1S/C15H11BrClFO/c1-9-5-6-11(17)8-12(9)14(19)7-10-3-2-4-13(18)15(10)16/h2-6,8H,7H2,1H3. The van der Waals surface area contributed by atoms with Crippen LogP contribution in [0.4, 0.5) is 4.39 Å². The molecule has 0 amide bonds. The number of rotatable bonds is 3. The van der Waals surface area contributed by atoms with E-state index in [1.165, 1.54) is 6.07 Å². The lowest BCUT2D eigenvalue weighted by molar-refractivity contribution is 0.0992. The Labute approximate surface area is 124 Å². The second-order valence-corrected chi connectivity index (χ2v) is 5.50. The number of hydrogen-bond acceptors (Lipinski definition) is 1. The number of hydrogen-bond donors (Lipinski definition) is 0. The predicted molar refractivity (Wildman–Crippen MR) is 78.3 cm³/mol. The Morgan fingerprint density at radius 2 is 2.05 bits per heavy atom. The van der Waals surface area contributed by atoms with Crippen LogP contribution in [0.3, 0.4) is 0 Å². The minimum absolute atomic E-state index is 0.0775. The Morgan fingerprint density at radius 3 is 2.79 bits per heavy atom. The van der Waals surface area contributed by atoms with Gasteiger partial charge in [0.15, 0.2) is 5.78 Å². The van der Waals surface area contributed by atoms with Gasteiger partial charge in [-0.05, 0) is 52.2 Å². The summed E-state index contributed by atoms with van der Waals surface area (Å²) in [5.74, 6) is -0.445. The number of ketones is 1. The van der Waals surface area contributed by atoms with Crippen molar-refractivity contribution < 1.29 is 9.18 Å². The van der Waals surface area contributed by atoms with Gasteiger partial charge in [0.05, 0.1) is 4.47 Å². The zero-order valence-corrected chi connectivity index (χ0v) is 12.6. The molecule has 0 aliphatic heterocycles. The molecule has 0 aromatic heterocycles. The summed E-state index contributed by atoms with van der Waals surface area (Å²) in [5.41, 5.74) is 2.06. The molecule has 0 aliphatic rings. The molecule has 0 radical (unpaired) electrons. The molecule has 2 rings (SSSR count). The quantitative estimate of drug-likeness (QED) is 0.720. The van der Waals surface area contributed by atoms with Crippen LogP contribution in [0, 0.1) is 12.7 Å². The molecule has 0 N–H and O–H groups in total. The van der Waals surface area contributed by atoms with E-state index >= 15 is 0 Å². The van der Waals surface area contributed by atoms with E-state index < -0.39 is 0 Å². The molecule has 0 spiro atoms. The molecule has 98 valence electrons. The molecule has 19 heavy (non-hydrogen) atoms. The van der Waals surface area contributed by atoms with E-state index in [9.17, 15) is 9.18 Å². The highest BCUT2D eigenvalue weighted by atomic mass is 79.9. The van der Waals surface area contributed by atoms with Gasteiger partial charge in [0, 0.05) is 17.0 Å². The minimum atomic E-state index is -0.367. The Balaban J connectivity index is 2.31. The third kappa shape index (κ3) is 3.23. The van der Waals surface area contributed by atoms with Crippen molar-refractivity contribution in [1.82, 2.24) is 0 Å².